The van der Waals surface area contributed by atoms with Gasteiger partial charge in [0.2, 0.25) is 0 Å². The highest BCUT2D eigenvalue weighted by Gasteiger charge is 2.34. The van der Waals surface area contributed by atoms with Crippen LogP contribution in [0.2, 0.25) is 0 Å². The van der Waals surface area contributed by atoms with E-state index in [1.54, 1.807) is 19.1 Å². The van der Waals surface area contributed by atoms with Gasteiger partial charge in [0.25, 0.3) is 0 Å². The van der Waals surface area contributed by atoms with Crippen LogP contribution in [0.15, 0.2) is 71.9 Å². The fraction of sp³-hybridized carbons (Fsp3) is 0.292. The third-order valence-electron chi connectivity index (χ3n) is 5.00. The van der Waals surface area contributed by atoms with Crippen molar-refractivity contribution in [2.24, 2.45) is 0 Å². The van der Waals surface area contributed by atoms with Crippen molar-refractivity contribution in [3.05, 3.63) is 83.1 Å². The van der Waals surface area contributed by atoms with Crippen molar-refractivity contribution < 1.29 is 23.9 Å². The van der Waals surface area contributed by atoms with E-state index in [9.17, 15) is 14.4 Å². The maximum atomic E-state index is 12.7. The lowest BCUT2D eigenvalue weighted by Crippen LogP contribution is -2.47. The van der Waals surface area contributed by atoms with E-state index in [1.165, 1.54) is 0 Å². The first-order valence-electron chi connectivity index (χ1n) is 10.2. The fourth-order valence-corrected chi connectivity index (χ4v) is 3.44. The average Bonchev–Trinajstić information content (AvgIpc) is 2.78. The molecule has 1 heterocycles. The summed E-state index contributed by atoms with van der Waals surface area (Å²) < 4.78 is 10.6. The molecule has 162 valence electrons. The van der Waals surface area contributed by atoms with E-state index in [0.717, 1.165) is 11.1 Å². The van der Waals surface area contributed by atoms with Crippen LogP contribution >= 0.6 is 0 Å². The van der Waals surface area contributed by atoms with E-state index in [0.29, 0.717) is 0 Å². The van der Waals surface area contributed by atoms with E-state index in [1.807, 2.05) is 55.5 Å². The average molecular weight is 422 g/mol. The van der Waals surface area contributed by atoms with Crippen LogP contribution in [0, 0.1) is 0 Å². The number of amides is 2. The van der Waals surface area contributed by atoms with Gasteiger partial charge in [0.05, 0.1) is 30.3 Å². The Hall–Kier alpha value is -3.61. The Labute approximate surface area is 181 Å². The Kier molecular flexibility index (Phi) is 7.43. The molecule has 0 bridgehead atoms. The molecule has 2 amide bonds. The van der Waals surface area contributed by atoms with E-state index in [-0.39, 0.29) is 36.8 Å². The summed E-state index contributed by atoms with van der Waals surface area (Å²) in [7, 11) is 0. The molecule has 31 heavy (non-hydrogen) atoms. The molecule has 1 aliphatic rings. The van der Waals surface area contributed by atoms with E-state index >= 15 is 0 Å². The topological polar surface area (TPSA) is 93.7 Å². The van der Waals surface area contributed by atoms with E-state index < -0.39 is 24.0 Å². The third-order valence-corrected chi connectivity index (χ3v) is 5.00. The van der Waals surface area contributed by atoms with Gasteiger partial charge in [0.1, 0.15) is 6.61 Å². The Morgan fingerprint density at radius 3 is 2.29 bits per heavy atom. The zero-order valence-electron chi connectivity index (χ0n) is 17.6. The van der Waals surface area contributed by atoms with Crippen molar-refractivity contribution in [2.45, 2.75) is 32.2 Å². The van der Waals surface area contributed by atoms with Crippen LogP contribution in [-0.4, -0.2) is 31.2 Å². The Balaban J connectivity index is 1.78. The summed E-state index contributed by atoms with van der Waals surface area (Å²) in [5.41, 5.74) is 2.19. The predicted molar refractivity (Wildman–Crippen MR) is 115 cm³/mol. The highest BCUT2D eigenvalue weighted by Crippen LogP contribution is 2.28. The quantitative estimate of drug-likeness (QED) is 0.634. The van der Waals surface area contributed by atoms with Gasteiger partial charge in [0, 0.05) is 0 Å². The molecule has 2 N–H and O–H groups in total. The Morgan fingerprint density at radius 1 is 1.00 bits per heavy atom. The summed E-state index contributed by atoms with van der Waals surface area (Å²) in [5, 5.41) is 5.34. The largest absolute Gasteiger partial charge is 0.463 e. The lowest BCUT2D eigenvalue weighted by atomic mass is 9.95. The van der Waals surface area contributed by atoms with Gasteiger partial charge in [-0.15, -0.1) is 0 Å². The van der Waals surface area contributed by atoms with E-state index in [2.05, 4.69) is 10.6 Å². The molecule has 0 saturated carbocycles. The molecule has 0 fully saturated rings. The molecule has 1 aliphatic heterocycles. The van der Waals surface area contributed by atoms with Gasteiger partial charge in [-0.25, -0.2) is 9.59 Å². The molecule has 3 rings (SSSR count). The molecule has 0 spiro atoms. The number of ether oxygens (including phenoxy) is 2. The summed E-state index contributed by atoms with van der Waals surface area (Å²) in [6.07, 6.45) is 0.181. The van der Waals surface area contributed by atoms with Gasteiger partial charge in [-0.2, -0.15) is 0 Å². The second-order valence-corrected chi connectivity index (χ2v) is 7.23. The maximum absolute atomic E-state index is 12.7. The molecule has 2 aromatic rings. The van der Waals surface area contributed by atoms with Crippen LogP contribution in [0.25, 0.3) is 0 Å². The van der Waals surface area contributed by atoms with Gasteiger partial charge in [0.15, 0.2) is 0 Å². The summed E-state index contributed by atoms with van der Waals surface area (Å²) in [4.78, 5) is 37.4. The second kappa shape index (κ2) is 10.4. The van der Waals surface area contributed by atoms with Gasteiger partial charge in [-0.3, -0.25) is 4.79 Å². The first kappa shape index (κ1) is 22.1. The highest BCUT2D eigenvalue weighted by atomic mass is 16.5. The first-order chi connectivity index (χ1) is 15.0. The maximum Gasteiger partial charge on any atom is 0.338 e. The number of carbonyl (C=O) groups excluding carboxylic acids is 3. The summed E-state index contributed by atoms with van der Waals surface area (Å²) in [6, 6.07) is 17.6. The first-order valence-corrected chi connectivity index (χ1v) is 10.2. The van der Waals surface area contributed by atoms with Crippen molar-refractivity contribution in [1.29, 1.82) is 0 Å². The molecule has 0 aliphatic carbocycles. The smallest absolute Gasteiger partial charge is 0.338 e. The van der Waals surface area contributed by atoms with Crippen LogP contribution in [-0.2, 0) is 19.1 Å². The summed E-state index contributed by atoms with van der Waals surface area (Å²) in [5.74, 6) is -1.02. The minimum Gasteiger partial charge on any atom is -0.463 e. The number of hydrogen-bond donors (Lipinski definition) is 2. The van der Waals surface area contributed by atoms with Gasteiger partial charge in [-0.1, -0.05) is 67.6 Å². The molecule has 0 saturated heterocycles. The lowest BCUT2D eigenvalue weighted by molar-refractivity contribution is -0.144. The van der Waals surface area contributed by atoms with Crippen molar-refractivity contribution >= 4 is 18.0 Å². The van der Waals surface area contributed by atoms with Gasteiger partial charge >= 0.3 is 18.0 Å². The van der Waals surface area contributed by atoms with Crippen LogP contribution in [0.4, 0.5) is 4.79 Å². The molecule has 7 nitrogen and oxygen atoms in total. The van der Waals surface area contributed by atoms with Gasteiger partial charge < -0.3 is 20.1 Å². The minimum atomic E-state index is -0.703. The van der Waals surface area contributed by atoms with Crippen molar-refractivity contribution in [2.75, 3.05) is 13.2 Å². The van der Waals surface area contributed by atoms with Crippen molar-refractivity contribution in [1.82, 2.24) is 10.6 Å². The number of nitrogens with one attached hydrogen (secondary N) is 2. The van der Waals surface area contributed by atoms with Crippen LogP contribution in [0.5, 0.6) is 0 Å². The summed E-state index contributed by atoms with van der Waals surface area (Å²) >= 11 is 0. The number of hydrogen-bond acceptors (Lipinski definition) is 5. The zero-order chi connectivity index (χ0) is 22.2. The monoisotopic (exact) mass is 422 g/mol. The molecular weight excluding hydrogens is 396 g/mol. The Morgan fingerprint density at radius 2 is 1.65 bits per heavy atom. The van der Waals surface area contributed by atoms with Crippen LogP contribution in [0.1, 0.15) is 43.4 Å². The van der Waals surface area contributed by atoms with Gasteiger partial charge in [-0.05, 0) is 24.0 Å². The molecule has 2 aromatic carbocycles. The van der Waals surface area contributed by atoms with Crippen LogP contribution < -0.4 is 10.6 Å². The molecule has 2 atom stereocenters. The normalized spacial score (nSPS) is 16.7. The zero-order valence-corrected chi connectivity index (χ0v) is 17.6. The summed E-state index contributed by atoms with van der Waals surface area (Å²) in [6.45, 7) is 3.60. The molecule has 0 unspecified atom stereocenters. The SMILES string of the molecule is CCOC(=O)C1=C(COC(=O)C[C@@H](C)c2ccccc2)NC(=O)N[C@@H]1c1ccccc1. The highest BCUT2D eigenvalue weighted by molar-refractivity contribution is 5.95. The Bertz CT molecular complexity index is 956. The number of urea groups is 1. The predicted octanol–water partition coefficient (Wildman–Crippen LogP) is 3.59. The molecule has 7 heteroatoms. The number of benzene rings is 2. The number of carbonyl (C=O) groups is 3. The third kappa shape index (κ3) is 5.72. The number of rotatable bonds is 8. The molecule has 0 aromatic heterocycles. The van der Waals surface area contributed by atoms with Crippen molar-refractivity contribution in [3.63, 3.8) is 0 Å². The van der Waals surface area contributed by atoms with E-state index in [4.69, 9.17) is 9.47 Å². The lowest BCUT2D eigenvalue weighted by Gasteiger charge is -2.29. The molecular formula is C24H26N2O5. The standard InChI is InChI=1S/C24H26N2O5/c1-3-30-23(28)21-19(25-24(29)26-22(21)18-12-8-5-9-13-18)15-31-20(27)14-16(2)17-10-6-4-7-11-17/h4-13,16,22H,3,14-15H2,1-2H3,(H2,25,26,29)/t16-,22-/m1/s1. The number of esters is 2. The fourth-order valence-electron chi connectivity index (χ4n) is 3.44. The minimum absolute atomic E-state index is 0.0214. The second-order valence-electron chi connectivity index (χ2n) is 7.23. The van der Waals surface area contributed by atoms with Crippen molar-refractivity contribution in [3.8, 4) is 0 Å². The molecule has 0 radical (unpaired) electrons. The van der Waals surface area contributed by atoms with Crippen LogP contribution in [0.3, 0.4) is 0 Å².